The molecule has 0 aliphatic rings. The smallest absolute Gasteiger partial charge is 0.213 e. The molecule has 0 unspecified atom stereocenters. The van der Waals surface area contributed by atoms with Gasteiger partial charge in [-0.3, -0.25) is 0 Å². The third-order valence-corrected chi connectivity index (χ3v) is 4.35. The van der Waals surface area contributed by atoms with Crippen LogP contribution >= 0.6 is 7.14 Å². The summed E-state index contributed by atoms with van der Waals surface area (Å²) in [5.41, 5.74) is 1.38. The average Bonchev–Trinajstić information content (AvgIpc) is 2.33. The molecule has 0 fully saturated rings. The lowest BCUT2D eigenvalue weighted by molar-refractivity contribution is 0.580. The molecule has 2 aromatic rings. The Morgan fingerprint density at radius 2 is 1.85 bits per heavy atom. The number of rotatable bonds is 3. The van der Waals surface area contributed by atoms with E-state index < -0.39 is 18.9 Å². The number of hydrogen-bond acceptors (Lipinski definition) is 3. The molecule has 0 radical (unpaired) electrons. The summed E-state index contributed by atoms with van der Waals surface area (Å²) in [6, 6.07) is 5.83. The number of hydrogen-bond donors (Lipinski definition) is 1. The van der Waals surface area contributed by atoms with E-state index in [4.69, 9.17) is 0 Å². The number of aromatic nitrogens is 1. The Labute approximate surface area is 116 Å². The molecule has 0 amide bonds. The van der Waals surface area contributed by atoms with Crippen molar-refractivity contribution in [2.75, 3.05) is 18.6 Å². The van der Waals surface area contributed by atoms with Gasteiger partial charge in [0.25, 0.3) is 0 Å². The number of nitrogens with zero attached hydrogens (tertiary/aromatic N) is 1. The number of anilines is 2. The van der Waals surface area contributed by atoms with Crippen molar-refractivity contribution in [2.24, 2.45) is 0 Å². The first-order chi connectivity index (χ1) is 9.27. The van der Waals surface area contributed by atoms with Crippen LogP contribution in [0.15, 0.2) is 30.5 Å². The largest absolute Gasteiger partial charge is 0.351 e. The highest BCUT2D eigenvalue weighted by molar-refractivity contribution is 7.70. The van der Waals surface area contributed by atoms with Gasteiger partial charge in [-0.2, -0.15) is 4.39 Å². The predicted octanol–water partition coefficient (Wildman–Crippen LogP) is 3.66. The summed E-state index contributed by atoms with van der Waals surface area (Å²) >= 11 is 0. The maximum Gasteiger partial charge on any atom is 0.213 e. The molecule has 0 aliphatic carbocycles. The zero-order valence-corrected chi connectivity index (χ0v) is 12.3. The Morgan fingerprint density at radius 3 is 2.45 bits per heavy atom. The maximum atomic E-state index is 13.8. The number of pyridine rings is 1. The van der Waals surface area contributed by atoms with Gasteiger partial charge in [0.1, 0.15) is 13.0 Å². The summed E-state index contributed by atoms with van der Waals surface area (Å²) in [5.74, 6) is -1.14. The van der Waals surface area contributed by atoms with Crippen LogP contribution < -0.4 is 10.6 Å². The number of benzene rings is 1. The van der Waals surface area contributed by atoms with E-state index in [-0.39, 0.29) is 5.69 Å². The monoisotopic (exact) mass is 296 g/mol. The van der Waals surface area contributed by atoms with E-state index in [0.717, 1.165) is 11.6 Å². The van der Waals surface area contributed by atoms with Gasteiger partial charge in [0.15, 0.2) is 0 Å². The van der Waals surface area contributed by atoms with Crippen molar-refractivity contribution in [2.45, 2.75) is 6.92 Å². The first kappa shape index (κ1) is 14.7. The van der Waals surface area contributed by atoms with Crippen LogP contribution in [-0.4, -0.2) is 18.3 Å². The fourth-order valence-corrected chi connectivity index (χ4v) is 2.94. The molecule has 3 nitrogen and oxygen atoms in total. The summed E-state index contributed by atoms with van der Waals surface area (Å²) < 4.78 is 39.2. The molecule has 0 bridgehead atoms. The Hall–Kier alpha value is -1.74. The second-order valence-corrected chi connectivity index (χ2v) is 8.17. The second kappa shape index (κ2) is 5.33. The van der Waals surface area contributed by atoms with Gasteiger partial charge in [-0.1, -0.05) is 6.07 Å². The van der Waals surface area contributed by atoms with Crippen LogP contribution in [0.3, 0.4) is 0 Å². The Balaban J connectivity index is 2.46. The molecule has 0 aliphatic heterocycles. The highest BCUT2D eigenvalue weighted by Gasteiger charge is 2.18. The fourth-order valence-electron chi connectivity index (χ4n) is 1.83. The van der Waals surface area contributed by atoms with Gasteiger partial charge in [-0.25, -0.2) is 9.37 Å². The lowest BCUT2D eigenvalue weighted by atomic mass is 10.2. The van der Waals surface area contributed by atoms with E-state index in [1.807, 2.05) is 0 Å². The molecule has 1 aromatic carbocycles. The minimum Gasteiger partial charge on any atom is -0.351 e. The third kappa shape index (κ3) is 3.23. The first-order valence-electron chi connectivity index (χ1n) is 6.01. The number of aryl methyl sites for hydroxylation is 1. The molecule has 1 heterocycles. The summed E-state index contributed by atoms with van der Waals surface area (Å²) in [7, 11) is -2.71. The van der Waals surface area contributed by atoms with Crippen LogP contribution in [0.25, 0.3) is 0 Å². The van der Waals surface area contributed by atoms with Crippen molar-refractivity contribution >= 4 is 23.8 Å². The van der Waals surface area contributed by atoms with Crippen molar-refractivity contribution in [1.29, 1.82) is 0 Å². The van der Waals surface area contributed by atoms with E-state index in [9.17, 15) is 13.3 Å². The maximum absolute atomic E-state index is 13.8. The lowest BCUT2D eigenvalue weighted by Crippen LogP contribution is -2.12. The molecule has 1 N–H and O–H groups in total. The minimum absolute atomic E-state index is 0.235. The Kier molecular flexibility index (Phi) is 3.91. The molecule has 6 heteroatoms. The fraction of sp³-hybridized carbons (Fsp3) is 0.214. The van der Waals surface area contributed by atoms with Crippen molar-refractivity contribution < 1.29 is 13.3 Å². The van der Waals surface area contributed by atoms with Crippen LogP contribution in [0, 0.1) is 18.7 Å². The average molecular weight is 296 g/mol. The molecule has 1 aromatic heterocycles. The van der Waals surface area contributed by atoms with Gasteiger partial charge in [-0.05, 0) is 37.9 Å². The van der Waals surface area contributed by atoms with Crippen LogP contribution in [0.2, 0.25) is 0 Å². The molecule has 0 spiro atoms. The molecular formula is C14H15F2N2OP. The first-order valence-corrected chi connectivity index (χ1v) is 8.62. The zero-order chi connectivity index (χ0) is 14.9. The Morgan fingerprint density at radius 1 is 1.15 bits per heavy atom. The van der Waals surface area contributed by atoms with Crippen molar-refractivity contribution in [1.82, 2.24) is 4.98 Å². The number of nitrogens with one attached hydrogen (secondary N) is 1. The molecule has 0 saturated carbocycles. The minimum atomic E-state index is -2.71. The summed E-state index contributed by atoms with van der Waals surface area (Å²) in [5, 5.41) is 3.14. The van der Waals surface area contributed by atoms with Crippen molar-refractivity contribution in [3.05, 3.63) is 47.8 Å². The van der Waals surface area contributed by atoms with Gasteiger partial charge < -0.3 is 9.88 Å². The quantitative estimate of drug-likeness (QED) is 0.694. The zero-order valence-electron chi connectivity index (χ0n) is 11.4. The second-order valence-electron chi connectivity index (χ2n) is 4.98. The molecule has 106 valence electrons. The molecule has 20 heavy (non-hydrogen) atoms. The third-order valence-electron chi connectivity index (χ3n) is 2.82. The van der Waals surface area contributed by atoms with E-state index in [2.05, 4.69) is 10.3 Å². The van der Waals surface area contributed by atoms with Gasteiger partial charge in [0, 0.05) is 11.4 Å². The highest BCUT2D eigenvalue weighted by Crippen LogP contribution is 2.38. The SMILES string of the molecule is Cc1ccc(Nc2cnc(F)cc2P(C)(C)=O)c(F)c1. The molecule has 0 atom stereocenters. The van der Waals surface area contributed by atoms with E-state index in [0.29, 0.717) is 11.0 Å². The topological polar surface area (TPSA) is 42.0 Å². The predicted molar refractivity (Wildman–Crippen MR) is 77.7 cm³/mol. The number of halogens is 2. The van der Waals surface area contributed by atoms with Crippen LogP contribution in [0.5, 0.6) is 0 Å². The normalized spacial score (nSPS) is 11.4. The summed E-state index contributed by atoms with van der Waals surface area (Å²) in [6.07, 6.45) is 1.23. The summed E-state index contributed by atoms with van der Waals surface area (Å²) in [4.78, 5) is 3.52. The van der Waals surface area contributed by atoms with Crippen LogP contribution in [0.4, 0.5) is 20.2 Å². The van der Waals surface area contributed by atoms with E-state index >= 15 is 0 Å². The van der Waals surface area contributed by atoms with Crippen LogP contribution in [0.1, 0.15) is 5.56 Å². The summed E-state index contributed by atoms with van der Waals surface area (Å²) in [6.45, 7) is 4.83. The van der Waals surface area contributed by atoms with Crippen molar-refractivity contribution in [3.8, 4) is 0 Å². The van der Waals surface area contributed by atoms with E-state index in [1.165, 1.54) is 25.6 Å². The van der Waals surface area contributed by atoms with Crippen molar-refractivity contribution in [3.63, 3.8) is 0 Å². The Bertz CT molecular complexity index is 698. The standard InChI is InChI=1S/C14H15F2N2OP/c1-9-4-5-11(10(15)6-9)18-12-8-17-14(16)7-13(12)20(2,3)19/h4-8,18H,1-3H3. The lowest BCUT2D eigenvalue weighted by Gasteiger charge is -2.15. The molecule has 0 saturated heterocycles. The van der Waals surface area contributed by atoms with Gasteiger partial charge >= 0.3 is 0 Å². The van der Waals surface area contributed by atoms with Crippen LogP contribution in [-0.2, 0) is 4.57 Å². The molecule has 2 rings (SSSR count). The van der Waals surface area contributed by atoms with Gasteiger partial charge in [0.2, 0.25) is 5.95 Å². The highest BCUT2D eigenvalue weighted by atomic mass is 31.2. The molecular weight excluding hydrogens is 281 g/mol. The van der Waals surface area contributed by atoms with E-state index in [1.54, 1.807) is 19.1 Å². The van der Waals surface area contributed by atoms with Gasteiger partial charge in [0.05, 0.1) is 17.6 Å². The van der Waals surface area contributed by atoms with Gasteiger partial charge in [-0.15, -0.1) is 0 Å².